The van der Waals surface area contributed by atoms with E-state index in [0.717, 1.165) is 25.0 Å². The second-order valence-electron chi connectivity index (χ2n) is 6.07. The summed E-state index contributed by atoms with van der Waals surface area (Å²) in [5, 5.41) is 3.51. The van der Waals surface area contributed by atoms with Gasteiger partial charge >= 0.3 is 0 Å². The van der Waals surface area contributed by atoms with Crippen LogP contribution in [0.4, 0.5) is 0 Å². The average Bonchev–Trinajstić information content (AvgIpc) is 2.34. The molecule has 1 rings (SSSR count). The van der Waals surface area contributed by atoms with E-state index >= 15 is 0 Å². The fraction of sp³-hybridized carbons (Fsp3) is 1.00. The molecule has 1 aliphatic heterocycles. The van der Waals surface area contributed by atoms with E-state index in [2.05, 4.69) is 24.1 Å². The highest BCUT2D eigenvalue weighted by molar-refractivity contribution is 4.72. The predicted molar refractivity (Wildman–Crippen MR) is 78.0 cm³/mol. The molecule has 18 heavy (non-hydrogen) atoms. The molecule has 3 nitrogen and oxygen atoms in total. The largest absolute Gasteiger partial charge is 0.384 e. The van der Waals surface area contributed by atoms with Crippen LogP contribution < -0.4 is 5.32 Å². The smallest absolute Gasteiger partial charge is 0.0502 e. The standard InChI is InChI=1S/C15H32N2O/c1-14(2)11-16-8-4-5-9-17-10-6-7-15(12-17)13-18-3/h14-16H,4-13H2,1-3H3. The summed E-state index contributed by atoms with van der Waals surface area (Å²) in [7, 11) is 1.82. The lowest BCUT2D eigenvalue weighted by atomic mass is 9.99. The third kappa shape index (κ3) is 7.34. The Labute approximate surface area is 113 Å². The van der Waals surface area contributed by atoms with Gasteiger partial charge in [0, 0.05) is 13.7 Å². The van der Waals surface area contributed by atoms with E-state index < -0.39 is 0 Å². The van der Waals surface area contributed by atoms with Gasteiger partial charge in [0.15, 0.2) is 0 Å². The van der Waals surface area contributed by atoms with Crippen LogP contribution in [-0.2, 0) is 4.74 Å². The van der Waals surface area contributed by atoms with Crippen LogP contribution in [0.5, 0.6) is 0 Å². The van der Waals surface area contributed by atoms with Crippen molar-refractivity contribution >= 4 is 0 Å². The van der Waals surface area contributed by atoms with Gasteiger partial charge in [-0.05, 0) is 63.7 Å². The maximum atomic E-state index is 5.27. The van der Waals surface area contributed by atoms with Crippen molar-refractivity contribution in [3.8, 4) is 0 Å². The van der Waals surface area contributed by atoms with Gasteiger partial charge in [0.05, 0.1) is 6.61 Å². The molecule has 0 saturated carbocycles. The van der Waals surface area contributed by atoms with Crippen molar-refractivity contribution in [2.45, 2.75) is 39.5 Å². The summed E-state index contributed by atoms with van der Waals surface area (Å²) in [5.74, 6) is 1.53. The van der Waals surface area contributed by atoms with E-state index in [-0.39, 0.29) is 0 Å². The van der Waals surface area contributed by atoms with E-state index in [1.165, 1.54) is 51.9 Å². The maximum Gasteiger partial charge on any atom is 0.0502 e. The van der Waals surface area contributed by atoms with Gasteiger partial charge in [-0.25, -0.2) is 0 Å². The maximum absolute atomic E-state index is 5.27. The fourth-order valence-corrected chi connectivity index (χ4v) is 2.70. The third-order valence-corrected chi connectivity index (χ3v) is 3.64. The van der Waals surface area contributed by atoms with Crippen LogP contribution in [0, 0.1) is 11.8 Å². The zero-order valence-electron chi connectivity index (χ0n) is 12.6. The minimum atomic E-state index is 0.766. The molecule has 108 valence electrons. The molecule has 1 fully saturated rings. The molecule has 1 saturated heterocycles. The Bertz CT molecular complexity index is 195. The van der Waals surface area contributed by atoms with E-state index in [1.807, 2.05) is 7.11 Å². The summed E-state index contributed by atoms with van der Waals surface area (Å²) in [6.07, 6.45) is 5.32. The Hall–Kier alpha value is -0.120. The molecule has 3 heteroatoms. The van der Waals surface area contributed by atoms with Gasteiger partial charge in [-0.3, -0.25) is 0 Å². The number of ether oxygens (including phenoxy) is 1. The monoisotopic (exact) mass is 256 g/mol. The van der Waals surface area contributed by atoms with Crippen molar-refractivity contribution in [2.24, 2.45) is 11.8 Å². The molecule has 0 radical (unpaired) electrons. The summed E-state index contributed by atoms with van der Waals surface area (Å²) in [6, 6.07) is 0. The summed E-state index contributed by atoms with van der Waals surface area (Å²) < 4.78 is 5.27. The van der Waals surface area contributed by atoms with E-state index in [4.69, 9.17) is 4.74 Å². The molecule has 1 unspecified atom stereocenters. The van der Waals surface area contributed by atoms with Crippen LogP contribution in [0.3, 0.4) is 0 Å². The molecule has 1 atom stereocenters. The Morgan fingerprint density at radius 3 is 2.89 bits per heavy atom. The number of unbranched alkanes of at least 4 members (excludes halogenated alkanes) is 1. The first kappa shape index (κ1) is 15.9. The highest BCUT2D eigenvalue weighted by Gasteiger charge is 2.18. The number of rotatable bonds is 9. The van der Waals surface area contributed by atoms with Crippen LogP contribution >= 0.6 is 0 Å². The summed E-state index contributed by atoms with van der Waals surface area (Å²) in [6.45, 7) is 11.6. The predicted octanol–water partition coefficient (Wildman–Crippen LogP) is 2.37. The Balaban J connectivity index is 1.98. The van der Waals surface area contributed by atoms with Gasteiger partial charge in [-0.1, -0.05) is 13.8 Å². The number of nitrogens with zero attached hydrogens (tertiary/aromatic N) is 1. The molecule has 0 spiro atoms. The number of hydrogen-bond donors (Lipinski definition) is 1. The van der Waals surface area contributed by atoms with Gasteiger partial charge in [0.25, 0.3) is 0 Å². The first-order chi connectivity index (χ1) is 8.72. The lowest BCUT2D eigenvalue weighted by molar-refractivity contribution is 0.0899. The zero-order valence-corrected chi connectivity index (χ0v) is 12.6. The Morgan fingerprint density at radius 1 is 1.33 bits per heavy atom. The summed E-state index contributed by atoms with van der Waals surface area (Å²) in [4.78, 5) is 2.62. The van der Waals surface area contributed by atoms with Crippen molar-refractivity contribution in [2.75, 3.05) is 46.4 Å². The number of nitrogens with one attached hydrogen (secondary N) is 1. The second kappa shape index (κ2) is 9.76. The molecular formula is C15H32N2O. The van der Waals surface area contributed by atoms with Gasteiger partial charge in [-0.2, -0.15) is 0 Å². The normalized spacial score (nSPS) is 21.7. The molecule has 1 heterocycles. The van der Waals surface area contributed by atoms with Gasteiger partial charge in [0.1, 0.15) is 0 Å². The fourth-order valence-electron chi connectivity index (χ4n) is 2.70. The summed E-state index contributed by atoms with van der Waals surface area (Å²) in [5.41, 5.74) is 0. The summed E-state index contributed by atoms with van der Waals surface area (Å²) >= 11 is 0. The Morgan fingerprint density at radius 2 is 2.17 bits per heavy atom. The van der Waals surface area contributed by atoms with Crippen molar-refractivity contribution in [1.82, 2.24) is 10.2 Å². The van der Waals surface area contributed by atoms with Gasteiger partial charge in [-0.15, -0.1) is 0 Å². The van der Waals surface area contributed by atoms with Crippen LogP contribution in [0.1, 0.15) is 39.5 Å². The molecule has 1 aliphatic rings. The molecule has 0 amide bonds. The van der Waals surface area contributed by atoms with Crippen LogP contribution in [-0.4, -0.2) is 51.3 Å². The number of likely N-dealkylation sites (tertiary alicyclic amines) is 1. The van der Waals surface area contributed by atoms with Crippen LogP contribution in [0.25, 0.3) is 0 Å². The molecule has 0 aromatic carbocycles. The van der Waals surface area contributed by atoms with E-state index in [1.54, 1.807) is 0 Å². The quantitative estimate of drug-likeness (QED) is 0.641. The van der Waals surface area contributed by atoms with Crippen molar-refractivity contribution in [3.05, 3.63) is 0 Å². The minimum Gasteiger partial charge on any atom is -0.384 e. The van der Waals surface area contributed by atoms with Crippen LogP contribution in [0.2, 0.25) is 0 Å². The number of methoxy groups -OCH3 is 1. The van der Waals surface area contributed by atoms with E-state index in [9.17, 15) is 0 Å². The van der Waals surface area contributed by atoms with Gasteiger partial charge < -0.3 is 15.0 Å². The molecule has 0 aromatic heterocycles. The topological polar surface area (TPSA) is 24.5 Å². The molecule has 1 N–H and O–H groups in total. The minimum absolute atomic E-state index is 0.766. The number of piperidine rings is 1. The molecular weight excluding hydrogens is 224 g/mol. The molecule has 0 aromatic rings. The second-order valence-corrected chi connectivity index (χ2v) is 6.07. The van der Waals surface area contributed by atoms with E-state index in [0.29, 0.717) is 0 Å². The first-order valence-electron chi connectivity index (χ1n) is 7.64. The zero-order chi connectivity index (χ0) is 13.2. The lowest BCUT2D eigenvalue weighted by Gasteiger charge is -2.32. The Kier molecular flexibility index (Phi) is 8.64. The highest BCUT2D eigenvalue weighted by atomic mass is 16.5. The third-order valence-electron chi connectivity index (χ3n) is 3.64. The lowest BCUT2D eigenvalue weighted by Crippen LogP contribution is -2.37. The van der Waals surface area contributed by atoms with Crippen molar-refractivity contribution < 1.29 is 4.74 Å². The average molecular weight is 256 g/mol. The van der Waals surface area contributed by atoms with Crippen molar-refractivity contribution in [3.63, 3.8) is 0 Å². The first-order valence-corrected chi connectivity index (χ1v) is 7.64. The number of hydrogen-bond acceptors (Lipinski definition) is 3. The van der Waals surface area contributed by atoms with Crippen molar-refractivity contribution in [1.29, 1.82) is 0 Å². The SMILES string of the molecule is COCC1CCCN(CCCCNCC(C)C)C1. The molecule has 0 bridgehead atoms. The molecule has 0 aliphatic carbocycles. The highest BCUT2D eigenvalue weighted by Crippen LogP contribution is 2.16. The van der Waals surface area contributed by atoms with Crippen LogP contribution in [0.15, 0.2) is 0 Å². The van der Waals surface area contributed by atoms with Gasteiger partial charge in [0.2, 0.25) is 0 Å².